The van der Waals surface area contributed by atoms with Crippen LogP contribution in [0.15, 0.2) is 12.1 Å². The Morgan fingerprint density at radius 2 is 2.21 bits per heavy atom. The molecule has 0 aliphatic heterocycles. The van der Waals surface area contributed by atoms with Crippen LogP contribution in [0.2, 0.25) is 5.15 Å². The number of primary amides is 1. The first-order chi connectivity index (χ1) is 6.59. The highest BCUT2D eigenvalue weighted by molar-refractivity contribution is 6.30. The van der Waals surface area contributed by atoms with E-state index >= 15 is 0 Å². The van der Waals surface area contributed by atoms with Crippen molar-refractivity contribution in [3.05, 3.63) is 28.7 Å². The summed E-state index contributed by atoms with van der Waals surface area (Å²) in [6, 6.07) is 3.04. The van der Waals surface area contributed by atoms with Gasteiger partial charge < -0.3 is 5.73 Å². The Bertz CT molecular complexity index is 519. The van der Waals surface area contributed by atoms with Gasteiger partial charge >= 0.3 is 0 Å². The van der Waals surface area contributed by atoms with E-state index in [-0.39, 0.29) is 0 Å². The summed E-state index contributed by atoms with van der Waals surface area (Å²) >= 11 is 5.93. The van der Waals surface area contributed by atoms with Crippen molar-refractivity contribution in [2.45, 2.75) is 6.92 Å². The molecular weight excluding hydrogens is 204 g/mol. The number of fused-ring (bicyclic) bond motifs is 1. The van der Waals surface area contributed by atoms with Gasteiger partial charge in [-0.2, -0.15) is 0 Å². The van der Waals surface area contributed by atoms with Gasteiger partial charge in [-0.3, -0.25) is 9.20 Å². The molecule has 0 unspecified atom stereocenters. The number of aryl methyl sites for hydroxylation is 1. The van der Waals surface area contributed by atoms with Crippen LogP contribution < -0.4 is 5.73 Å². The second-order valence-electron chi connectivity index (χ2n) is 2.87. The van der Waals surface area contributed by atoms with E-state index in [4.69, 9.17) is 17.3 Å². The summed E-state index contributed by atoms with van der Waals surface area (Å²) in [4.78, 5) is 10.9. The van der Waals surface area contributed by atoms with Crippen molar-refractivity contribution in [3.8, 4) is 0 Å². The van der Waals surface area contributed by atoms with E-state index in [0.29, 0.717) is 22.2 Å². The molecule has 0 aliphatic carbocycles. The fourth-order valence-corrected chi connectivity index (χ4v) is 1.58. The second-order valence-corrected chi connectivity index (χ2v) is 3.26. The topological polar surface area (TPSA) is 73.3 Å². The molecule has 6 heteroatoms. The minimum atomic E-state index is -0.532. The van der Waals surface area contributed by atoms with Gasteiger partial charge in [-0.1, -0.05) is 11.6 Å². The normalized spacial score (nSPS) is 10.7. The lowest BCUT2D eigenvalue weighted by Gasteiger charge is -2.00. The highest BCUT2D eigenvalue weighted by Crippen LogP contribution is 2.16. The average Bonchev–Trinajstić information content (AvgIpc) is 2.48. The van der Waals surface area contributed by atoms with Crippen LogP contribution >= 0.6 is 11.6 Å². The summed E-state index contributed by atoms with van der Waals surface area (Å²) < 4.78 is 1.63. The van der Waals surface area contributed by atoms with Gasteiger partial charge in [-0.05, 0) is 19.1 Å². The van der Waals surface area contributed by atoms with E-state index in [1.807, 2.05) is 0 Å². The van der Waals surface area contributed by atoms with Gasteiger partial charge in [0.2, 0.25) is 5.91 Å². The molecule has 0 bridgehead atoms. The summed E-state index contributed by atoms with van der Waals surface area (Å²) in [6.07, 6.45) is 0. The van der Waals surface area contributed by atoms with Crippen LogP contribution in [-0.2, 0) is 0 Å². The van der Waals surface area contributed by atoms with Crippen LogP contribution in [0.3, 0.4) is 0 Å². The highest BCUT2D eigenvalue weighted by Gasteiger charge is 2.09. The van der Waals surface area contributed by atoms with Gasteiger partial charge in [-0.15, -0.1) is 10.2 Å². The molecule has 1 amide bonds. The molecule has 2 rings (SSSR count). The Hall–Kier alpha value is -1.62. The molecule has 14 heavy (non-hydrogen) atoms. The minimum Gasteiger partial charge on any atom is -0.366 e. The van der Waals surface area contributed by atoms with Gasteiger partial charge in [0.1, 0.15) is 11.0 Å². The molecule has 5 nitrogen and oxygen atoms in total. The Kier molecular flexibility index (Phi) is 1.89. The predicted octanol–water partition coefficient (Wildman–Crippen LogP) is 0.790. The maximum absolute atomic E-state index is 10.9. The number of nitrogens with two attached hydrogens (primary N) is 1. The quantitative estimate of drug-likeness (QED) is 0.708. The molecule has 0 aromatic carbocycles. The van der Waals surface area contributed by atoms with E-state index < -0.39 is 5.91 Å². The lowest BCUT2D eigenvalue weighted by molar-refractivity contribution is 0.100. The number of rotatable bonds is 1. The molecule has 0 atom stereocenters. The number of hydrogen-bond acceptors (Lipinski definition) is 3. The number of hydrogen-bond donors (Lipinski definition) is 1. The van der Waals surface area contributed by atoms with Crippen LogP contribution in [0.4, 0.5) is 0 Å². The molecule has 0 radical (unpaired) electrons. The van der Waals surface area contributed by atoms with Gasteiger partial charge in [-0.25, -0.2) is 0 Å². The lowest BCUT2D eigenvalue weighted by atomic mass is 10.2. The minimum absolute atomic E-state index is 0.329. The third-order valence-electron chi connectivity index (χ3n) is 1.91. The average molecular weight is 211 g/mol. The second kappa shape index (κ2) is 2.95. The molecule has 0 saturated carbocycles. The monoisotopic (exact) mass is 210 g/mol. The molecule has 2 N–H and O–H groups in total. The number of aromatic nitrogens is 3. The fourth-order valence-electron chi connectivity index (χ4n) is 1.25. The van der Waals surface area contributed by atoms with Gasteiger partial charge in [0.25, 0.3) is 0 Å². The maximum atomic E-state index is 10.9. The summed E-state index contributed by atoms with van der Waals surface area (Å²) in [5.41, 5.74) is 5.97. The lowest BCUT2D eigenvalue weighted by Crippen LogP contribution is -2.11. The number of carbonyl (C=O) groups excluding carboxylic acids is 1. The number of carbonyl (C=O) groups is 1. The molecular formula is C8H7ClN4O. The molecule has 0 spiro atoms. The first-order valence-corrected chi connectivity index (χ1v) is 4.28. The van der Waals surface area contributed by atoms with Crippen LogP contribution in [0, 0.1) is 6.92 Å². The van der Waals surface area contributed by atoms with Crippen molar-refractivity contribution < 1.29 is 4.79 Å². The Morgan fingerprint density at radius 1 is 1.50 bits per heavy atom. The number of halogens is 1. The zero-order valence-electron chi connectivity index (χ0n) is 7.36. The van der Waals surface area contributed by atoms with E-state index in [0.717, 1.165) is 0 Å². The van der Waals surface area contributed by atoms with Gasteiger partial charge in [0.05, 0.1) is 0 Å². The summed E-state index contributed by atoms with van der Waals surface area (Å²) in [5, 5.41) is 8.05. The molecule has 2 aromatic heterocycles. The van der Waals surface area contributed by atoms with Crippen molar-refractivity contribution in [3.63, 3.8) is 0 Å². The van der Waals surface area contributed by atoms with Crippen molar-refractivity contribution in [1.82, 2.24) is 14.6 Å². The fraction of sp³-hybridized carbons (Fsp3) is 0.125. The first-order valence-electron chi connectivity index (χ1n) is 3.90. The van der Waals surface area contributed by atoms with Crippen LogP contribution in [-0.4, -0.2) is 20.5 Å². The van der Waals surface area contributed by atoms with Gasteiger partial charge in [0.15, 0.2) is 5.65 Å². The van der Waals surface area contributed by atoms with E-state index in [9.17, 15) is 4.79 Å². The smallest absolute Gasteiger partial charge is 0.248 e. The Labute approximate surface area is 84.5 Å². The number of amides is 1. The van der Waals surface area contributed by atoms with E-state index in [1.165, 1.54) is 6.07 Å². The van der Waals surface area contributed by atoms with Crippen molar-refractivity contribution in [1.29, 1.82) is 0 Å². The van der Waals surface area contributed by atoms with Crippen LogP contribution in [0.5, 0.6) is 0 Å². The molecule has 72 valence electrons. The zero-order valence-corrected chi connectivity index (χ0v) is 8.12. The number of nitrogens with zero attached hydrogens (tertiary/aromatic N) is 3. The molecule has 2 aromatic rings. The van der Waals surface area contributed by atoms with E-state index in [2.05, 4.69) is 10.2 Å². The van der Waals surface area contributed by atoms with Crippen molar-refractivity contribution in [2.75, 3.05) is 0 Å². The van der Waals surface area contributed by atoms with Gasteiger partial charge in [0, 0.05) is 5.56 Å². The maximum Gasteiger partial charge on any atom is 0.248 e. The Morgan fingerprint density at radius 3 is 2.86 bits per heavy atom. The summed E-state index contributed by atoms with van der Waals surface area (Å²) in [5.74, 6) is 0.135. The standard InChI is InChI=1S/C8H7ClN4O/c1-4-11-12-7-3-5(8(10)14)2-6(9)13(4)7/h2-3H,1H3,(H2,10,14). The largest absolute Gasteiger partial charge is 0.366 e. The predicted molar refractivity (Wildman–Crippen MR) is 51.3 cm³/mol. The zero-order chi connectivity index (χ0) is 10.3. The summed E-state index contributed by atoms with van der Waals surface area (Å²) in [7, 11) is 0. The van der Waals surface area contributed by atoms with Crippen molar-refractivity contribution in [2.24, 2.45) is 5.73 Å². The van der Waals surface area contributed by atoms with Crippen molar-refractivity contribution >= 4 is 23.2 Å². The molecule has 0 fully saturated rings. The Balaban J connectivity index is 2.80. The van der Waals surface area contributed by atoms with E-state index in [1.54, 1.807) is 17.4 Å². The molecule has 2 heterocycles. The molecule has 0 saturated heterocycles. The van der Waals surface area contributed by atoms with Crippen LogP contribution in [0.25, 0.3) is 5.65 Å². The van der Waals surface area contributed by atoms with Crippen LogP contribution in [0.1, 0.15) is 16.2 Å². The SMILES string of the molecule is Cc1nnc2cc(C(N)=O)cc(Cl)n12. The third kappa shape index (κ3) is 1.22. The highest BCUT2D eigenvalue weighted by atomic mass is 35.5. The molecule has 0 aliphatic rings. The summed E-state index contributed by atoms with van der Waals surface area (Å²) in [6.45, 7) is 1.77. The third-order valence-corrected chi connectivity index (χ3v) is 2.19. The first kappa shape index (κ1) is 8.96. The number of pyridine rings is 1.